The van der Waals surface area contributed by atoms with Crippen LogP contribution in [0.1, 0.15) is 16.7 Å². The molecule has 4 rings (SSSR count). The van der Waals surface area contributed by atoms with Gasteiger partial charge in [0.05, 0.1) is 11.4 Å². The smallest absolute Gasteiger partial charge is 0.148 e. The molecule has 4 aromatic carbocycles. The van der Waals surface area contributed by atoms with Crippen molar-refractivity contribution in [3.63, 3.8) is 0 Å². The third-order valence-electron chi connectivity index (χ3n) is 5.03. The Kier molecular flexibility index (Phi) is 5.00. The summed E-state index contributed by atoms with van der Waals surface area (Å²) in [5.41, 5.74) is 7.11. The molecule has 2 nitrogen and oxygen atoms in total. The van der Waals surface area contributed by atoms with Gasteiger partial charge in [-0.15, -0.1) is 0 Å². The van der Waals surface area contributed by atoms with Gasteiger partial charge < -0.3 is 11.1 Å². The molecule has 0 atom stereocenters. The molecule has 0 radical (unpaired) electrons. The van der Waals surface area contributed by atoms with Crippen LogP contribution in [0.15, 0.2) is 103 Å². The van der Waals surface area contributed by atoms with Crippen LogP contribution in [-0.4, -0.2) is 0 Å². The molecule has 144 valence electrons. The van der Waals surface area contributed by atoms with Gasteiger partial charge in [0.1, 0.15) is 17.2 Å². The summed E-state index contributed by atoms with van der Waals surface area (Å²) in [5.74, 6) is -1.28. The van der Waals surface area contributed by atoms with Gasteiger partial charge in [-0.2, -0.15) is 0 Å². The molecule has 3 N–H and O–H groups in total. The van der Waals surface area contributed by atoms with Crippen molar-refractivity contribution in [3.8, 4) is 0 Å². The predicted molar refractivity (Wildman–Crippen MR) is 114 cm³/mol. The van der Waals surface area contributed by atoms with Gasteiger partial charge in [-0.1, -0.05) is 91.0 Å². The number of anilines is 2. The lowest BCUT2D eigenvalue weighted by Gasteiger charge is -2.38. The van der Waals surface area contributed by atoms with Crippen molar-refractivity contribution in [2.24, 2.45) is 0 Å². The summed E-state index contributed by atoms with van der Waals surface area (Å²) in [6, 6.07) is 31.3. The number of hydrogen-bond donors (Lipinski definition) is 2. The summed E-state index contributed by atoms with van der Waals surface area (Å²) >= 11 is 0. The van der Waals surface area contributed by atoms with Crippen LogP contribution >= 0.6 is 0 Å². The molecular weight excluding hydrogens is 366 g/mol. The van der Waals surface area contributed by atoms with Gasteiger partial charge in [0.25, 0.3) is 0 Å². The van der Waals surface area contributed by atoms with Crippen molar-refractivity contribution in [2.45, 2.75) is 5.54 Å². The monoisotopic (exact) mass is 386 g/mol. The Labute approximate surface area is 168 Å². The van der Waals surface area contributed by atoms with Crippen molar-refractivity contribution in [1.29, 1.82) is 0 Å². The van der Waals surface area contributed by atoms with Crippen molar-refractivity contribution in [3.05, 3.63) is 131 Å². The quantitative estimate of drug-likeness (QED) is 0.328. The van der Waals surface area contributed by atoms with E-state index in [1.54, 1.807) is 0 Å². The van der Waals surface area contributed by atoms with Gasteiger partial charge in [0.15, 0.2) is 0 Å². The number of halogens is 2. The van der Waals surface area contributed by atoms with Crippen LogP contribution in [0.25, 0.3) is 0 Å². The minimum atomic E-state index is -0.937. The van der Waals surface area contributed by atoms with Crippen molar-refractivity contribution >= 4 is 11.4 Å². The van der Waals surface area contributed by atoms with E-state index in [9.17, 15) is 8.78 Å². The second kappa shape index (κ2) is 7.76. The molecule has 4 aromatic rings. The highest BCUT2D eigenvalue weighted by Gasteiger charge is 2.37. The highest BCUT2D eigenvalue weighted by molar-refractivity contribution is 5.62. The normalized spacial score (nSPS) is 11.2. The Morgan fingerprint density at radius 1 is 0.586 bits per heavy atom. The zero-order chi connectivity index (χ0) is 20.3. The maximum absolute atomic E-state index is 14.8. The zero-order valence-electron chi connectivity index (χ0n) is 15.6. The molecule has 0 aliphatic rings. The van der Waals surface area contributed by atoms with E-state index in [0.29, 0.717) is 0 Å². The second-order valence-electron chi connectivity index (χ2n) is 6.83. The summed E-state index contributed by atoms with van der Waals surface area (Å²) in [6.07, 6.45) is 0. The first kappa shape index (κ1) is 18.7. The fourth-order valence-electron chi connectivity index (χ4n) is 3.64. The summed E-state index contributed by atoms with van der Waals surface area (Å²) in [4.78, 5) is 0. The first-order valence-electron chi connectivity index (χ1n) is 9.30. The Hall–Kier alpha value is -3.66. The van der Waals surface area contributed by atoms with E-state index in [1.165, 1.54) is 0 Å². The fourth-order valence-corrected chi connectivity index (χ4v) is 3.64. The van der Waals surface area contributed by atoms with Crippen LogP contribution in [0.5, 0.6) is 0 Å². The largest absolute Gasteiger partial charge is 0.396 e. The average Bonchev–Trinajstić information content (AvgIpc) is 2.77. The average molecular weight is 386 g/mol. The van der Waals surface area contributed by atoms with Crippen molar-refractivity contribution in [2.75, 3.05) is 11.1 Å². The SMILES string of the molecule is Nc1cc(F)c(NC(c2ccccc2)(c2ccccc2)c2ccccc2)cc1F. The number of nitrogens with one attached hydrogen (secondary N) is 1. The van der Waals surface area contributed by atoms with E-state index in [1.807, 2.05) is 91.0 Å². The topological polar surface area (TPSA) is 38.0 Å². The molecule has 0 fully saturated rings. The maximum Gasteiger partial charge on any atom is 0.148 e. The summed E-state index contributed by atoms with van der Waals surface area (Å²) < 4.78 is 29.0. The Morgan fingerprint density at radius 2 is 1.00 bits per heavy atom. The minimum Gasteiger partial charge on any atom is -0.396 e. The van der Waals surface area contributed by atoms with Crippen LogP contribution in [0.4, 0.5) is 20.2 Å². The van der Waals surface area contributed by atoms with Crippen molar-refractivity contribution in [1.82, 2.24) is 0 Å². The molecule has 0 amide bonds. The molecule has 0 aliphatic carbocycles. The van der Waals surface area contributed by atoms with Gasteiger partial charge >= 0.3 is 0 Å². The number of nitrogens with two attached hydrogens (primary N) is 1. The van der Waals surface area contributed by atoms with E-state index in [2.05, 4.69) is 5.32 Å². The van der Waals surface area contributed by atoms with Gasteiger partial charge in [-0.3, -0.25) is 0 Å². The zero-order valence-corrected chi connectivity index (χ0v) is 15.6. The van der Waals surface area contributed by atoms with E-state index in [0.717, 1.165) is 28.8 Å². The van der Waals surface area contributed by atoms with Crippen molar-refractivity contribution < 1.29 is 8.78 Å². The third-order valence-corrected chi connectivity index (χ3v) is 5.03. The maximum atomic E-state index is 14.8. The summed E-state index contributed by atoms with van der Waals surface area (Å²) in [7, 11) is 0. The molecule has 0 bridgehead atoms. The van der Waals surface area contributed by atoms with E-state index < -0.39 is 17.2 Å². The predicted octanol–water partition coefficient (Wildman–Crippen LogP) is 5.95. The minimum absolute atomic E-state index is 0.0354. The highest BCUT2D eigenvalue weighted by Crippen LogP contribution is 2.40. The second-order valence-corrected chi connectivity index (χ2v) is 6.83. The Bertz CT molecular complexity index is 1000. The molecule has 29 heavy (non-hydrogen) atoms. The molecule has 0 spiro atoms. The number of benzene rings is 4. The number of nitrogen functional groups attached to an aromatic ring is 1. The fraction of sp³-hybridized carbons (Fsp3) is 0.0400. The molecular formula is C25H20F2N2. The van der Waals surface area contributed by atoms with Crippen LogP contribution in [-0.2, 0) is 5.54 Å². The van der Waals surface area contributed by atoms with Crippen LogP contribution in [0.3, 0.4) is 0 Å². The molecule has 0 aliphatic heterocycles. The highest BCUT2D eigenvalue weighted by atomic mass is 19.1. The molecule has 0 saturated carbocycles. The Balaban J connectivity index is 2.02. The van der Waals surface area contributed by atoms with Crippen LogP contribution in [0.2, 0.25) is 0 Å². The third kappa shape index (κ3) is 3.45. The number of rotatable bonds is 5. The lowest BCUT2D eigenvalue weighted by Crippen LogP contribution is -2.38. The van der Waals surface area contributed by atoms with Crippen LogP contribution in [0, 0.1) is 11.6 Å². The van der Waals surface area contributed by atoms with Gasteiger partial charge in [-0.05, 0) is 16.7 Å². The molecule has 0 saturated heterocycles. The molecule has 0 heterocycles. The first-order valence-corrected chi connectivity index (χ1v) is 9.30. The number of hydrogen-bond acceptors (Lipinski definition) is 2. The lowest BCUT2D eigenvalue weighted by atomic mass is 9.76. The van der Waals surface area contributed by atoms with Gasteiger partial charge in [-0.25, -0.2) is 8.78 Å². The molecule has 0 aromatic heterocycles. The standard InChI is InChI=1S/C25H20F2N2/c26-21-17-24(22(27)16-23(21)28)29-25(18-10-4-1-5-11-18,19-12-6-2-7-13-19)20-14-8-3-9-15-20/h1-17,29H,28H2. The van der Waals surface area contributed by atoms with Gasteiger partial charge in [0.2, 0.25) is 0 Å². The summed E-state index contributed by atoms with van der Waals surface area (Å²) in [5, 5.41) is 3.31. The first-order chi connectivity index (χ1) is 14.1. The van der Waals surface area contributed by atoms with Gasteiger partial charge in [0, 0.05) is 12.1 Å². The van der Waals surface area contributed by atoms with E-state index >= 15 is 0 Å². The van der Waals surface area contributed by atoms with Crippen LogP contribution < -0.4 is 11.1 Å². The lowest BCUT2D eigenvalue weighted by molar-refractivity contribution is 0.598. The molecule has 0 unspecified atom stereocenters. The van der Waals surface area contributed by atoms with E-state index in [4.69, 9.17) is 5.73 Å². The Morgan fingerprint density at radius 3 is 1.41 bits per heavy atom. The van der Waals surface area contributed by atoms with E-state index in [-0.39, 0.29) is 11.4 Å². The summed E-state index contributed by atoms with van der Waals surface area (Å²) in [6.45, 7) is 0. The molecule has 4 heteroatoms.